The van der Waals surface area contributed by atoms with E-state index in [0.29, 0.717) is 30.0 Å². The topological polar surface area (TPSA) is 104 Å². The summed E-state index contributed by atoms with van der Waals surface area (Å²) in [6.45, 7) is 4.51. The van der Waals surface area contributed by atoms with Crippen molar-refractivity contribution in [2.24, 2.45) is 5.41 Å². The molecule has 2 aromatic heterocycles. The fourth-order valence-corrected chi connectivity index (χ4v) is 6.16. The molecule has 4 amide bonds. The predicted octanol–water partition coefficient (Wildman–Crippen LogP) is 2.88. The molecule has 0 radical (unpaired) electrons. The first-order valence-electron chi connectivity index (χ1n) is 12.8. The third-order valence-electron chi connectivity index (χ3n) is 8.13. The van der Waals surface area contributed by atoms with Crippen molar-refractivity contribution in [2.45, 2.75) is 58.5 Å². The molecule has 190 valence electrons. The lowest BCUT2D eigenvalue weighted by Crippen LogP contribution is -2.72. The highest BCUT2D eigenvalue weighted by Gasteiger charge is 2.62. The van der Waals surface area contributed by atoms with Gasteiger partial charge in [0.05, 0.1) is 18.2 Å². The maximum Gasteiger partial charge on any atom is 0.331 e. The molecular weight excluding hydrogens is 470 g/mol. The molecule has 37 heavy (non-hydrogen) atoms. The lowest BCUT2D eigenvalue weighted by molar-refractivity contribution is -0.154. The Labute approximate surface area is 214 Å². The number of anilines is 1. The Morgan fingerprint density at radius 3 is 2.59 bits per heavy atom. The van der Waals surface area contributed by atoms with Gasteiger partial charge in [-0.15, -0.1) is 0 Å². The molecular formula is C28H29N5O4. The molecule has 6 rings (SSSR count). The van der Waals surface area contributed by atoms with Gasteiger partial charge in [0, 0.05) is 19.2 Å². The first-order valence-corrected chi connectivity index (χ1v) is 12.8. The Bertz CT molecular complexity index is 1510. The molecule has 0 saturated carbocycles. The van der Waals surface area contributed by atoms with Crippen LogP contribution in [0.3, 0.4) is 0 Å². The third kappa shape index (κ3) is 3.48. The van der Waals surface area contributed by atoms with Gasteiger partial charge in [0.1, 0.15) is 11.5 Å². The number of nitrogens with zero attached hydrogens (tertiary/aromatic N) is 4. The van der Waals surface area contributed by atoms with Gasteiger partial charge in [-0.3, -0.25) is 29.0 Å². The van der Waals surface area contributed by atoms with Gasteiger partial charge in [-0.25, -0.2) is 9.78 Å². The van der Waals surface area contributed by atoms with Crippen molar-refractivity contribution < 1.29 is 14.4 Å². The second kappa shape index (κ2) is 8.54. The highest BCUT2D eigenvalue weighted by molar-refractivity contribution is 6.20. The number of benzene rings is 1. The number of barbiturate groups is 1. The summed E-state index contributed by atoms with van der Waals surface area (Å²) in [6.07, 6.45) is 4.83. The zero-order valence-electron chi connectivity index (χ0n) is 21.0. The van der Waals surface area contributed by atoms with Gasteiger partial charge in [-0.1, -0.05) is 48.7 Å². The number of aryl methyl sites for hydroxylation is 2. The zero-order valence-corrected chi connectivity index (χ0v) is 21.0. The van der Waals surface area contributed by atoms with Crippen LogP contribution in [0.5, 0.6) is 0 Å². The first kappa shape index (κ1) is 23.4. The number of hydrogen-bond acceptors (Lipinski definition) is 6. The normalized spacial score (nSPS) is 23.6. The molecule has 1 spiro atoms. The number of hydrogen-bond donors (Lipinski definition) is 1. The van der Waals surface area contributed by atoms with Gasteiger partial charge in [0.15, 0.2) is 5.41 Å². The van der Waals surface area contributed by atoms with Gasteiger partial charge in [-0.05, 0) is 43.9 Å². The van der Waals surface area contributed by atoms with Crippen molar-refractivity contribution in [3.63, 3.8) is 0 Å². The van der Waals surface area contributed by atoms with E-state index in [0.717, 1.165) is 40.9 Å². The van der Waals surface area contributed by atoms with Gasteiger partial charge in [0.2, 0.25) is 11.8 Å². The molecule has 1 aromatic carbocycles. The third-order valence-corrected chi connectivity index (χ3v) is 8.13. The van der Waals surface area contributed by atoms with Crippen molar-refractivity contribution >= 4 is 29.3 Å². The maximum atomic E-state index is 14.3. The predicted molar refractivity (Wildman–Crippen MR) is 137 cm³/mol. The Kier molecular flexibility index (Phi) is 5.40. The Morgan fingerprint density at radius 2 is 1.81 bits per heavy atom. The van der Waals surface area contributed by atoms with Gasteiger partial charge >= 0.3 is 6.03 Å². The molecule has 0 aliphatic carbocycles. The number of amides is 4. The number of nitrogens with one attached hydrogen (secondary N) is 1. The molecule has 2 saturated heterocycles. The second-order valence-corrected chi connectivity index (χ2v) is 10.4. The SMILES string of the molecule is Cc1ccc(CN2C(=O)NC(=O)C3(Cc4c(nc5c(C)cccn5c4=O)N4CCCCCC43)C2=O)cc1. The summed E-state index contributed by atoms with van der Waals surface area (Å²) in [5.74, 6) is -0.614. The highest BCUT2D eigenvalue weighted by Crippen LogP contribution is 2.46. The van der Waals surface area contributed by atoms with Crippen LogP contribution < -0.4 is 15.8 Å². The van der Waals surface area contributed by atoms with Crippen LogP contribution in [-0.2, 0) is 22.6 Å². The van der Waals surface area contributed by atoms with E-state index in [1.165, 1.54) is 4.40 Å². The van der Waals surface area contributed by atoms with Gasteiger partial charge in [-0.2, -0.15) is 0 Å². The van der Waals surface area contributed by atoms with E-state index in [1.807, 2.05) is 49.1 Å². The minimum absolute atomic E-state index is 0.0493. The van der Waals surface area contributed by atoms with Crippen molar-refractivity contribution in [2.75, 3.05) is 11.4 Å². The van der Waals surface area contributed by atoms with Crippen LogP contribution in [0.2, 0.25) is 0 Å². The zero-order chi connectivity index (χ0) is 25.9. The van der Waals surface area contributed by atoms with Crippen LogP contribution >= 0.6 is 0 Å². The fraction of sp³-hybridized carbons (Fsp3) is 0.393. The number of urea groups is 1. The number of pyridine rings is 1. The molecule has 9 nitrogen and oxygen atoms in total. The molecule has 0 bridgehead atoms. The van der Waals surface area contributed by atoms with Crippen molar-refractivity contribution in [3.05, 3.63) is 75.2 Å². The molecule has 9 heteroatoms. The average molecular weight is 500 g/mol. The fourth-order valence-electron chi connectivity index (χ4n) is 6.16. The van der Waals surface area contributed by atoms with Gasteiger partial charge in [0.25, 0.3) is 5.56 Å². The summed E-state index contributed by atoms with van der Waals surface area (Å²) in [4.78, 5) is 62.7. The van der Waals surface area contributed by atoms with E-state index in [2.05, 4.69) is 5.32 Å². The number of rotatable bonds is 2. The molecule has 3 aromatic rings. The smallest absolute Gasteiger partial charge is 0.331 e. The lowest BCUT2D eigenvalue weighted by atomic mass is 9.68. The maximum absolute atomic E-state index is 14.3. The quantitative estimate of drug-likeness (QED) is 0.544. The second-order valence-electron chi connectivity index (χ2n) is 10.4. The van der Waals surface area contributed by atoms with Crippen LogP contribution in [0.15, 0.2) is 47.4 Å². The Balaban J connectivity index is 1.52. The minimum atomic E-state index is -1.59. The van der Waals surface area contributed by atoms with E-state index < -0.39 is 29.3 Å². The van der Waals surface area contributed by atoms with Crippen molar-refractivity contribution in [1.29, 1.82) is 0 Å². The van der Waals surface area contributed by atoms with E-state index >= 15 is 0 Å². The average Bonchev–Trinajstić information content (AvgIpc) is 3.14. The molecule has 2 unspecified atom stereocenters. The number of imide groups is 2. The van der Waals surface area contributed by atoms with Crippen LogP contribution in [0.25, 0.3) is 5.65 Å². The summed E-state index contributed by atoms with van der Waals surface area (Å²) in [7, 11) is 0. The van der Waals surface area contributed by atoms with E-state index in [1.54, 1.807) is 12.3 Å². The van der Waals surface area contributed by atoms with Crippen LogP contribution in [0.4, 0.5) is 10.6 Å². The molecule has 2 fully saturated rings. The summed E-state index contributed by atoms with van der Waals surface area (Å²) in [5.41, 5.74) is 1.77. The van der Waals surface area contributed by atoms with Crippen LogP contribution in [-0.4, -0.2) is 44.7 Å². The Morgan fingerprint density at radius 1 is 1.03 bits per heavy atom. The van der Waals surface area contributed by atoms with E-state index in [9.17, 15) is 19.2 Å². The van der Waals surface area contributed by atoms with Gasteiger partial charge < -0.3 is 4.90 Å². The number of aromatic nitrogens is 2. The molecule has 1 N–H and O–H groups in total. The van der Waals surface area contributed by atoms with Crippen LogP contribution in [0, 0.1) is 19.3 Å². The van der Waals surface area contributed by atoms with E-state index in [4.69, 9.17) is 4.98 Å². The summed E-state index contributed by atoms with van der Waals surface area (Å²) in [6, 6.07) is 10.1. The number of fused-ring (bicyclic) bond motifs is 5. The van der Waals surface area contributed by atoms with Crippen LogP contribution in [0.1, 0.15) is 47.9 Å². The molecule has 5 heterocycles. The van der Waals surface area contributed by atoms with Crippen molar-refractivity contribution in [1.82, 2.24) is 19.6 Å². The standard InChI is InChI=1S/C28H29N5O4/c1-17-9-11-19(12-10-17)16-33-26(36)28(25(35)30-27(33)37)15-20-23(31-13-5-3-4-8-21(28)31)29-22-18(2)7-6-14-32(22)24(20)34/h6-7,9-12,14,21H,3-5,8,13,15-16H2,1-2H3,(H,30,35,37). The number of carbonyl (C=O) groups excluding carboxylic acids is 3. The summed E-state index contributed by atoms with van der Waals surface area (Å²) in [5, 5.41) is 2.47. The minimum Gasteiger partial charge on any atom is -0.352 e. The highest BCUT2D eigenvalue weighted by atomic mass is 16.2. The largest absolute Gasteiger partial charge is 0.352 e. The van der Waals surface area contributed by atoms with E-state index in [-0.39, 0.29) is 18.5 Å². The number of carbonyl (C=O) groups is 3. The first-order chi connectivity index (χ1) is 17.8. The summed E-state index contributed by atoms with van der Waals surface area (Å²) >= 11 is 0. The molecule has 2 atom stereocenters. The van der Waals surface area contributed by atoms with Crippen molar-refractivity contribution in [3.8, 4) is 0 Å². The monoisotopic (exact) mass is 499 g/mol. The summed E-state index contributed by atoms with van der Waals surface area (Å²) < 4.78 is 1.49. The molecule has 3 aliphatic heterocycles. The lowest BCUT2D eigenvalue weighted by Gasteiger charge is -2.50. The Hall–Kier alpha value is -4.01. The molecule has 3 aliphatic rings.